The van der Waals surface area contributed by atoms with Crippen LogP contribution in [-0.2, 0) is 16.0 Å². The zero-order valence-electron chi connectivity index (χ0n) is 21.6. The van der Waals surface area contributed by atoms with E-state index in [0.29, 0.717) is 29.2 Å². The van der Waals surface area contributed by atoms with Crippen LogP contribution in [-0.4, -0.2) is 71.6 Å². The van der Waals surface area contributed by atoms with E-state index in [4.69, 9.17) is 4.74 Å². The van der Waals surface area contributed by atoms with Gasteiger partial charge in [-0.2, -0.15) is 0 Å². The lowest BCUT2D eigenvalue weighted by atomic mass is 10.0. The van der Waals surface area contributed by atoms with E-state index in [1.165, 1.54) is 0 Å². The van der Waals surface area contributed by atoms with Crippen LogP contribution in [0.15, 0.2) is 48.5 Å². The number of amides is 4. The fourth-order valence-corrected chi connectivity index (χ4v) is 4.41. The fraction of sp³-hybridized carbons (Fsp3) is 0.464. The highest BCUT2D eigenvalue weighted by atomic mass is 16.5. The Bertz CT molecular complexity index is 1120. The van der Waals surface area contributed by atoms with Crippen molar-refractivity contribution in [3.63, 3.8) is 0 Å². The number of para-hydroxylation sites is 1. The second-order valence-electron chi connectivity index (χ2n) is 10.2. The van der Waals surface area contributed by atoms with E-state index in [1.54, 1.807) is 35.0 Å². The molecule has 0 aromatic heterocycles. The summed E-state index contributed by atoms with van der Waals surface area (Å²) in [6, 6.07) is 13.9. The lowest BCUT2D eigenvalue weighted by molar-refractivity contribution is -0.134. The van der Waals surface area contributed by atoms with E-state index in [2.05, 4.69) is 10.6 Å². The summed E-state index contributed by atoms with van der Waals surface area (Å²) in [5, 5.41) is 15.6. The largest absolute Gasteiger partial charge is 0.488 e. The molecule has 2 aliphatic rings. The first-order valence-corrected chi connectivity index (χ1v) is 12.8. The van der Waals surface area contributed by atoms with Gasteiger partial charge in [0.25, 0.3) is 0 Å². The Balaban J connectivity index is 1.57. The van der Waals surface area contributed by atoms with Gasteiger partial charge in [0.05, 0.1) is 25.6 Å². The summed E-state index contributed by atoms with van der Waals surface area (Å²) in [5.41, 5.74) is 1.98. The van der Waals surface area contributed by atoms with Gasteiger partial charge >= 0.3 is 6.03 Å². The number of ether oxygens (including phenoxy) is 1. The molecule has 0 saturated heterocycles. The topological polar surface area (TPSA) is 111 Å². The van der Waals surface area contributed by atoms with E-state index >= 15 is 0 Å². The van der Waals surface area contributed by atoms with Crippen LogP contribution in [0.2, 0.25) is 0 Å². The highest BCUT2D eigenvalue weighted by molar-refractivity contribution is 5.94. The van der Waals surface area contributed by atoms with Gasteiger partial charge < -0.3 is 30.3 Å². The minimum atomic E-state index is -0.420. The number of fused-ring (bicyclic) bond motifs is 1. The number of carbonyl (C=O) groups is 3. The quantitative estimate of drug-likeness (QED) is 0.531. The molecule has 0 radical (unpaired) electrons. The van der Waals surface area contributed by atoms with Gasteiger partial charge in [-0.3, -0.25) is 9.59 Å². The molecule has 0 unspecified atom stereocenters. The molecule has 4 rings (SSSR count). The molecule has 1 aliphatic heterocycles. The maximum atomic E-state index is 13.3. The number of rotatable bonds is 7. The molecule has 1 heterocycles. The van der Waals surface area contributed by atoms with Crippen molar-refractivity contribution in [2.75, 3.05) is 37.4 Å². The van der Waals surface area contributed by atoms with Crippen molar-refractivity contribution in [2.24, 2.45) is 11.8 Å². The van der Waals surface area contributed by atoms with Crippen molar-refractivity contribution in [1.29, 1.82) is 0 Å². The average Bonchev–Trinajstić information content (AvgIpc) is 3.73. The number of aliphatic hydroxyl groups excluding tert-OH is 1. The van der Waals surface area contributed by atoms with Crippen molar-refractivity contribution >= 4 is 29.2 Å². The number of likely N-dealkylation sites (N-methyl/N-ethyl adjacent to an activating group) is 1. The van der Waals surface area contributed by atoms with Crippen LogP contribution in [0.4, 0.5) is 16.2 Å². The standard InChI is InChI=1S/C28H36N4O5/c1-18-15-32(19(2)17-33)26(34)14-21-13-23(29-27(35)20-9-10-20)11-12-24(21)37-25(18)16-31(3)28(36)30-22-7-5-4-6-8-22/h4-8,11-13,18-20,25,33H,9-10,14-17H2,1-3H3,(H,29,35)(H,30,36)/t18-,19-,25+/m0/s1. The van der Waals surface area contributed by atoms with E-state index in [1.807, 2.05) is 44.2 Å². The zero-order valence-corrected chi connectivity index (χ0v) is 21.6. The van der Waals surface area contributed by atoms with Crippen molar-refractivity contribution in [1.82, 2.24) is 9.80 Å². The summed E-state index contributed by atoms with van der Waals surface area (Å²) < 4.78 is 6.45. The highest BCUT2D eigenvalue weighted by Gasteiger charge is 2.33. The van der Waals surface area contributed by atoms with Gasteiger partial charge in [0.15, 0.2) is 0 Å². The van der Waals surface area contributed by atoms with Crippen molar-refractivity contribution in [2.45, 2.75) is 45.3 Å². The number of nitrogens with one attached hydrogen (secondary N) is 2. The third-order valence-corrected chi connectivity index (χ3v) is 6.96. The molecule has 198 valence electrons. The van der Waals surface area contributed by atoms with Crippen LogP contribution in [0, 0.1) is 11.8 Å². The molecule has 2 aromatic carbocycles. The number of carbonyl (C=O) groups excluding carboxylic acids is 3. The molecule has 1 saturated carbocycles. The van der Waals surface area contributed by atoms with Gasteiger partial charge in [-0.1, -0.05) is 25.1 Å². The van der Waals surface area contributed by atoms with Crippen LogP contribution in [0.3, 0.4) is 0 Å². The first kappa shape index (κ1) is 26.5. The summed E-state index contributed by atoms with van der Waals surface area (Å²) in [5.74, 6) is 0.338. The third-order valence-electron chi connectivity index (χ3n) is 6.96. The van der Waals surface area contributed by atoms with E-state index in [9.17, 15) is 19.5 Å². The second kappa shape index (κ2) is 11.6. The number of aliphatic hydroxyl groups is 1. The van der Waals surface area contributed by atoms with Crippen molar-refractivity contribution < 1.29 is 24.2 Å². The van der Waals surface area contributed by atoms with E-state index in [0.717, 1.165) is 12.8 Å². The van der Waals surface area contributed by atoms with Crippen LogP contribution in [0.1, 0.15) is 32.3 Å². The molecule has 0 bridgehead atoms. The van der Waals surface area contributed by atoms with Gasteiger partial charge in [-0.15, -0.1) is 0 Å². The predicted octanol–water partition coefficient (Wildman–Crippen LogP) is 3.35. The first-order chi connectivity index (χ1) is 17.7. The molecule has 37 heavy (non-hydrogen) atoms. The zero-order chi connectivity index (χ0) is 26.5. The van der Waals surface area contributed by atoms with Gasteiger partial charge in [0.1, 0.15) is 11.9 Å². The maximum absolute atomic E-state index is 13.3. The minimum absolute atomic E-state index is 0.0108. The lowest BCUT2D eigenvalue weighted by Gasteiger charge is -2.34. The molecule has 4 amide bonds. The summed E-state index contributed by atoms with van der Waals surface area (Å²) >= 11 is 0. The van der Waals surface area contributed by atoms with Gasteiger partial charge in [-0.05, 0) is 50.1 Å². The summed E-state index contributed by atoms with van der Waals surface area (Å²) in [7, 11) is 1.71. The Morgan fingerprint density at radius 3 is 2.54 bits per heavy atom. The molecule has 2 aromatic rings. The molecule has 3 N–H and O–H groups in total. The Morgan fingerprint density at radius 2 is 1.86 bits per heavy atom. The number of anilines is 2. The van der Waals surface area contributed by atoms with Gasteiger partial charge in [0, 0.05) is 42.4 Å². The molecule has 1 fully saturated rings. The number of nitrogens with zero attached hydrogens (tertiary/aromatic N) is 2. The van der Waals surface area contributed by atoms with Crippen LogP contribution in [0.25, 0.3) is 0 Å². The highest BCUT2D eigenvalue weighted by Crippen LogP contribution is 2.32. The Hall–Kier alpha value is -3.59. The number of benzene rings is 2. The smallest absolute Gasteiger partial charge is 0.321 e. The molecule has 0 spiro atoms. The number of hydrogen-bond acceptors (Lipinski definition) is 5. The molecular weight excluding hydrogens is 472 g/mol. The Kier molecular flexibility index (Phi) is 8.33. The molecule has 9 heteroatoms. The monoisotopic (exact) mass is 508 g/mol. The molecular formula is C28H36N4O5. The number of hydrogen-bond donors (Lipinski definition) is 3. The SMILES string of the molecule is C[C@H]1CN([C@@H](C)CO)C(=O)Cc2cc(NC(=O)C3CC3)ccc2O[C@@H]1CN(C)C(=O)Nc1ccccc1. The molecule has 9 nitrogen and oxygen atoms in total. The van der Waals surface area contributed by atoms with Crippen LogP contribution < -0.4 is 15.4 Å². The van der Waals surface area contributed by atoms with E-state index in [-0.39, 0.29) is 55.3 Å². The van der Waals surface area contributed by atoms with Crippen molar-refractivity contribution in [3.8, 4) is 5.75 Å². The fourth-order valence-electron chi connectivity index (χ4n) is 4.41. The lowest BCUT2D eigenvalue weighted by Crippen LogP contribution is -2.48. The number of urea groups is 1. The Morgan fingerprint density at radius 1 is 1.14 bits per heavy atom. The Labute approximate surface area is 217 Å². The minimum Gasteiger partial charge on any atom is -0.488 e. The van der Waals surface area contributed by atoms with Gasteiger partial charge in [-0.25, -0.2) is 4.79 Å². The van der Waals surface area contributed by atoms with Crippen molar-refractivity contribution in [3.05, 3.63) is 54.1 Å². The summed E-state index contributed by atoms with van der Waals surface area (Å²) in [6.45, 7) is 4.29. The average molecular weight is 509 g/mol. The van der Waals surface area contributed by atoms with Gasteiger partial charge in [0.2, 0.25) is 11.8 Å². The second-order valence-corrected chi connectivity index (χ2v) is 10.2. The molecule has 1 aliphatic carbocycles. The van der Waals surface area contributed by atoms with Crippen LogP contribution in [0.5, 0.6) is 5.75 Å². The van der Waals surface area contributed by atoms with Crippen LogP contribution >= 0.6 is 0 Å². The van der Waals surface area contributed by atoms with E-state index < -0.39 is 6.10 Å². The third kappa shape index (κ3) is 6.80. The predicted molar refractivity (Wildman–Crippen MR) is 141 cm³/mol. The molecule has 3 atom stereocenters. The summed E-state index contributed by atoms with van der Waals surface area (Å²) in [6.07, 6.45) is 1.46. The summed E-state index contributed by atoms with van der Waals surface area (Å²) in [4.78, 5) is 41.7. The first-order valence-electron chi connectivity index (χ1n) is 12.8. The normalized spacial score (nSPS) is 20.4. The maximum Gasteiger partial charge on any atom is 0.321 e.